The summed E-state index contributed by atoms with van der Waals surface area (Å²) in [6.45, 7) is 1.33. The van der Waals surface area contributed by atoms with Crippen LogP contribution in [0.3, 0.4) is 0 Å². The molecule has 1 unspecified atom stereocenters. The number of imide groups is 1. The van der Waals surface area contributed by atoms with E-state index in [0.29, 0.717) is 78.3 Å². The monoisotopic (exact) mass is 766 g/mol. The SMILES string of the molecule is COc1cc2ncnc(Nc3ccc(Cl)c(Cl)c3F)c2cc1OC1CCN(C(=O)CCSc2cccc3c2CN(C2CCC(=O)NC2=O)C3=O)CC1. The molecule has 3 aliphatic rings. The molecule has 7 rings (SSSR count). The van der Waals surface area contributed by atoms with Gasteiger partial charge >= 0.3 is 0 Å². The van der Waals surface area contributed by atoms with Gasteiger partial charge in [0, 0.05) is 73.0 Å². The highest BCUT2D eigenvalue weighted by molar-refractivity contribution is 7.99. The van der Waals surface area contributed by atoms with Crippen molar-refractivity contribution in [2.45, 2.75) is 55.7 Å². The molecule has 0 aliphatic carbocycles. The highest BCUT2D eigenvalue weighted by Crippen LogP contribution is 2.38. The fourth-order valence-corrected chi connectivity index (χ4v) is 8.00. The molecule has 270 valence electrons. The molecule has 4 aromatic rings. The predicted octanol–water partition coefficient (Wildman–Crippen LogP) is 6.14. The van der Waals surface area contributed by atoms with Crippen molar-refractivity contribution in [3.8, 4) is 11.5 Å². The van der Waals surface area contributed by atoms with Crippen molar-refractivity contribution >= 4 is 81.0 Å². The molecular formula is C36H33Cl2FN6O6S. The molecule has 3 aliphatic heterocycles. The highest BCUT2D eigenvalue weighted by Gasteiger charge is 2.40. The fraction of sp³-hybridized carbons (Fsp3) is 0.333. The van der Waals surface area contributed by atoms with Crippen molar-refractivity contribution in [2.24, 2.45) is 0 Å². The van der Waals surface area contributed by atoms with Crippen LogP contribution in [-0.2, 0) is 20.9 Å². The second kappa shape index (κ2) is 15.1. The Kier molecular flexibility index (Phi) is 10.4. The molecular weight excluding hydrogens is 734 g/mol. The Morgan fingerprint density at radius 1 is 1.08 bits per heavy atom. The van der Waals surface area contributed by atoms with Gasteiger partial charge in [0.15, 0.2) is 17.3 Å². The average Bonchev–Trinajstić information content (AvgIpc) is 3.48. The Bertz CT molecular complexity index is 2100. The van der Waals surface area contributed by atoms with E-state index in [4.69, 9.17) is 32.7 Å². The summed E-state index contributed by atoms with van der Waals surface area (Å²) in [7, 11) is 1.54. The van der Waals surface area contributed by atoms with E-state index in [-0.39, 0.29) is 52.5 Å². The first kappa shape index (κ1) is 35.7. The van der Waals surface area contributed by atoms with E-state index in [9.17, 15) is 23.6 Å². The maximum absolute atomic E-state index is 14.8. The molecule has 2 N–H and O–H groups in total. The van der Waals surface area contributed by atoms with Crippen LogP contribution in [0.5, 0.6) is 11.5 Å². The number of rotatable bonds is 10. The molecule has 3 aromatic carbocycles. The molecule has 0 radical (unpaired) electrons. The number of likely N-dealkylation sites (tertiary alicyclic amines) is 1. The molecule has 1 atom stereocenters. The Balaban J connectivity index is 0.945. The predicted molar refractivity (Wildman–Crippen MR) is 194 cm³/mol. The number of benzene rings is 3. The topological polar surface area (TPSA) is 143 Å². The van der Waals surface area contributed by atoms with Crippen molar-refractivity contribution in [3.05, 3.63) is 75.8 Å². The molecule has 4 heterocycles. The summed E-state index contributed by atoms with van der Waals surface area (Å²) in [6.07, 6.45) is 3.20. The lowest BCUT2D eigenvalue weighted by molar-refractivity contribution is -0.137. The third-order valence-electron chi connectivity index (χ3n) is 9.41. The van der Waals surface area contributed by atoms with Gasteiger partial charge in [0.05, 0.1) is 28.4 Å². The van der Waals surface area contributed by atoms with E-state index in [2.05, 4.69) is 20.6 Å². The number of carbonyl (C=O) groups excluding carboxylic acids is 4. The lowest BCUT2D eigenvalue weighted by Crippen LogP contribution is -2.52. The van der Waals surface area contributed by atoms with Gasteiger partial charge in [-0.3, -0.25) is 24.5 Å². The number of anilines is 2. The molecule has 0 bridgehead atoms. The van der Waals surface area contributed by atoms with Gasteiger partial charge in [0.2, 0.25) is 17.7 Å². The molecule has 0 saturated carbocycles. The van der Waals surface area contributed by atoms with E-state index in [0.717, 1.165) is 10.5 Å². The maximum atomic E-state index is 14.8. The number of amides is 4. The van der Waals surface area contributed by atoms with Crippen molar-refractivity contribution in [1.82, 2.24) is 25.1 Å². The van der Waals surface area contributed by atoms with Gasteiger partial charge in [-0.2, -0.15) is 0 Å². The fourth-order valence-electron chi connectivity index (χ4n) is 6.67. The number of fused-ring (bicyclic) bond motifs is 2. The first-order valence-electron chi connectivity index (χ1n) is 16.7. The highest BCUT2D eigenvalue weighted by atomic mass is 35.5. The van der Waals surface area contributed by atoms with Crippen molar-refractivity contribution in [3.63, 3.8) is 0 Å². The van der Waals surface area contributed by atoms with Crippen LogP contribution in [0.15, 0.2) is 53.7 Å². The van der Waals surface area contributed by atoms with E-state index in [1.807, 2.05) is 17.0 Å². The normalized spacial score (nSPS) is 17.7. The van der Waals surface area contributed by atoms with Crippen LogP contribution in [0, 0.1) is 5.82 Å². The number of nitrogens with one attached hydrogen (secondary N) is 2. The minimum absolute atomic E-state index is 0.0328. The number of methoxy groups -OCH3 is 1. The van der Waals surface area contributed by atoms with E-state index in [1.54, 1.807) is 18.2 Å². The Labute approximate surface area is 312 Å². The minimum atomic E-state index is -0.704. The van der Waals surface area contributed by atoms with Gasteiger partial charge in [0.1, 0.15) is 24.3 Å². The van der Waals surface area contributed by atoms with Crippen LogP contribution in [0.1, 0.15) is 48.0 Å². The molecule has 4 amide bonds. The summed E-state index contributed by atoms with van der Waals surface area (Å²) in [5, 5.41) is 5.78. The summed E-state index contributed by atoms with van der Waals surface area (Å²) >= 11 is 13.5. The zero-order chi connectivity index (χ0) is 36.5. The second-order valence-corrected chi connectivity index (χ2v) is 14.5. The third kappa shape index (κ3) is 7.19. The van der Waals surface area contributed by atoms with Gasteiger partial charge < -0.3 is 24.6 Å². The molecule has 1 aromatic heterocycles. The quantitative estimate of drug-likeness (QED) is 0.110. The van der Waals surface area contributed by atoms with Crippen molar-refractivity contribution in [1.29, 1.82) is 0 Å². The molecule has 12 nitrogen and oxygen atoms in total. The van der Waals surface area contributed by atoms with Crippen LogP contribution < -0.4 is 20.1 Å². The number of piperidine rings is 2. The van der Waals surface area contributed by atoms with E-state index < -0.39 is 17.8 Å². The molecule has 16 heteroatoms. The third-order valence-corrected chi connectivity index (χ3v) is 11.3. The number of halogens is 3. The summed E-state index contributed by atoms with van der Waals surface area (Å²) in [4.78, 5) is 63.3. The van der Waals surface area contributed by atoms with Crippen LogP contribution in [0.25, 0.3) is 10.9 Å². The van der Waals surface area contributed by atoms with Crippen LogP contribution in [0.2, 0.25) is 10.0 Å². The van der Waals surface area contributed by atoms with Crippen LogP contribution in [-0.4, -0.2) is 81.5 Å². The molecule has 2 saturated heterocycles. The lowest BCUT2D eigenvalue weighted by Gasteiger charge is -2.32. The molecule has 52 heavy (non-hydrogen) atoms. The number of ether oxygens (including phenoxy) is 2. The van der Waals surface area contributed by atoms with Crippen LogP contribution in [0.4, 0.5) is 15.9 Å². The summed E-state index contributed by atoms with van der Waals surface area (Å²) in [5.41, 5.74) is 2.04. The summed E-state index contributed by atoms with van der Waals surface area (Å²) in [5.74, 6) is 0.138. The van der Waals surface area contributed by atoms with Gasteiger partial charge in [-0.25, -0.2) is 14.4 Å². The Morgan fingerprint density at radius 3 is 2.65 bits per heavy atom. The standard InChI is InChI=1S/C36H33Cl2FN6O6S/c1-50-27-16-25-21(34(41-18-40-25)42-24-6-5-23(37)32(38)33(24)39)15-28(27)51-19-9-12-44(13-10-19)31(47)11-14-52-29-4-2-3-20-22(29)17-45(36(20)49)26-7-8-30(46)43-35(26)48/h2-6,15-16,18-19,26H,7-14,17H2,1H3,(H,40,41,42)(H,43,46,48). The van der Waals surface area contributed by atoms with Gasteiger partial charge in [-0.15, -0.1) is 11.8 Å². The van der Waals surface area contributed by atoms with Crippen molar-refractivity contribution in [2.75, 3.05) is 31.3 Å². The number of carbonyl (C=O) groups is 4. The average molecular weight is 768 g/mol. The Hall–Kier alpha value is -4.66. The first-order valence-corrected chi connectivity index (χ1v) is 18.4. The number of nitrogens with zero attached hydrogens (tertiary/aromatic N) is 4. The second-order valence-electron chi connectivity index (χ2n) is 12.6. The number of hydrogen-bond acceptors (Lipinski definition) is 10. The molecule has 0 spiro atoms. The van der Waals surface area contributed by atoms with Crippen molar-refractivity contribution < 1.29 is 33.0 Å². The van der Waals surface area contributed by atoms with Crippen LogP contribution >= 0.6 is 35.0 Å². The minimum Gasteiger partial charge on any atom is -0.493 e. The number of thioether (sulfide) groups is 1. The first-order chi connectivity index (χ1) is 25.1. The lowest BCUT2D eigenvalue weighted by atomic mass is 10.0. The number of aromatic nitrogens is 2. The smallest absolute Gasteiger partial charge is 0.255 e. The molecule has 2 fully saturated rings. The zero-order valence-electron chi connectivity index (χ0n) is 27.9. The van der Waals surface area contributed by atoms with Gasteiger partial charge in [0.25, 0.3) is 5.91 Å². The summed E-state index contributed by atoms with van der Waals surface area (Å²) in [6, 6.07) is 11.2. The van der Waals surface area contributed by atoms with E-state index in [1.165, 1.54) is 42.2 Å². The van der Waals surface area contributed by atoms with Gasteiger partial charge in [-0.05, 0) is 42.3 Å². The Morgan fingerprint density at radius 2 is 1.88 bits per heavy atom. The van der Waals surface area contributed by atoms with E-state index >= 15 is 0 Å². The van der Waals surface area contributed by atoms with Gasteiger partial charge in [-0.1, -0.05) is 29.3 Å². The largest absolute Gasteiger partial charge is 0.493 e. The number of hydrogen-bond donors (Lipinski definition) is 2. The maximum Gasteiger partial charge on any atom is 0.255 e. The summed E-state index contributed by atoms with van der Waals surface area (Å²) < 4.78 is 26.8. The zero-order valence-corrected chi connectivity index (χ0v) is 30.2.